The second-order valence-corrected chi connectivity index (χ2v) is 6.66. The molecule has 0 bridgehead atoms. The summed E-state index contributed by atoms with van der Waals surface area (Å²) in [5.41, 5.74) is 1.48. The lowest BCUT2D eigenvalue weighted by Gasteiger charge is -2.46. The van der Waals surface area contributed by atoms with Gasteiger partial charge < -0.3 is 21.5 Å². The van der Waals surface area contributed by atoms with Gasteiger partial charge in [-0.2, -0.15) is 0 Å². The number of unbranched alkanes of at least 4 members (excludes halogenated alkanes) is 1. The number of halogens is 1. The zero-order valence-electron chi connectivity index (χ0n) is 13.9. The van der Waals surface area contributed by atoms with Crippen LogP contribution in [0.5, 0.6) is 0 Å². The predicted octanol–water partition coefficient (Wildman–Crippen LogP) is 0.184. The second-order valence-electron chi connectivity index (χ2n) is 6.66. The van der Waals surface area contributed by atoms with Crippen LogP contribution in [0.25, 0.3) is 0 Å². The van der Waals surface area contributed by atoms with Crippen molar-refractivity contribution in [1.29, 1.82) is 0 Å². The van der Waals surface area contributed by atoms with E-state index in [0.717, 1.165) is 0 Å². The summed E-state index contributed by atoms with van der Waals surface area (Å²) in [6.07, 6.45) is 3.86. The Morgan fingerprint density at radius 1 is 1.14 bits per heavy atom. The lowest BCUT2D eigenvalue weighted by Crippen LogP contribution is -3.00. The van der Waals surface area contributed by atoms with Crippen LogP contribution in [-0.2, 0) is 6.42 Å². The smallest absolute Gasteiger partial charge is 0.0916 e. The predicted molar refractivity (Wildman–Crippen MR) is 86.9 cm³/mol. The Morgan fingerprint density at radius 2 is 1.76 bits per heavy atom. The lowest BCUT2D eigenvalue weighted by molar-refractivity contribution is -0.935. The summed E-state index contributed by atoms with van der Waals surface area (Å²) in [6, 6.07) is 11.7. The van der Waals surface area contributed by atoms with Gasteiger partial charge in [0.2, 0.25) is 0 Å². The highest BCUT2D eigenvalue weighted by Gasteiger charge is 2.33. The van der Waals surface area contributed by atoms with Gasteiger partial charge in [0.25, 0.3) is 0 Å². The number of hydrogen-bond acceptors (Lipinski definition) is 1. The minimum absolute atomic E-state index is 0. The van der Waals surface area contributed by atoms with Crippen molar-refractivity contribution in [1.82, 2.24) is 4.90 Å². The summed E-state index contributed by atoms with van der Waals surface area (Å²) < 4.78 is 1.23. The molecule has 1 aromatic carbocycles. The third-order valence-electron chi connectivity index (χ3n) is 5.12. The Morgan fingerprint density at radius 3 is 2.33 bits per heavy atom. The van der Waals surface area contributed by atoms with Gasteiger partial charge in [-0.1, -0.05) is 43.7 Å². The molecule has 1 heterocycles. The van der Waals surface area contributed by atoms with Crippen LogP contribution in [0, 0.1) is 0 Å². The average molecular weight is 355 g/mol. The van der Waals surface area contributed by atoms with Crippen LogP contribution < -0.4 is 17.0 Å². The van der Waals surface area contributed by atoms with E-state index in [9.17, 15) is 0 Å². The largest absolute Gasteiger partial charge is 1.00 e. The Labute approximate surface area is 141 Å². The minimum atomic E-state index is 0. The fourth-order valence-electron chi connectivity index (χ4n) is 3.19. The Hall–Kier alpha value is -0.380. The lowest BCUT2D eigenvalue weighted by atomic mass is 10.0. The van der Waals surface area contributed by atoms with Crippen LogP contribution >= 0.6 is 0 Å². The van der Waals surface area contributed by atoms with Crippen LogP contribution in [0.4, 0.5) is 0 Å². The first-order valence-corrected chi connectivity index (χ1v) is 8.24. The van der Waals surface area contributed by atoms with Crippen molar-refractivity contribution >= 4 is 0 Å². The molecule has 1 aromatic rings. The maximum atomic E-state index is 2.65. The molecule has 1 aliphatic rings. The highest BCUT2D eigenvalue weighted by atomic mass is 79.9. The van der Waals surface area contributed by atoms with Gasteiger partial charge in [-0.3, -0.25) is 4.90 Å². The summed E-state index contributed by atoms with van der Waals surface area (Å²) in [4.78, 5) is 2.65. The first-order chi connectivity index (χ1) is 9.64. The van der Waals surface area contributed by atoms with Crippen molar-refractivity contribution in [2.45, 2.75) is 39.2 Å². The molecule has 0 aromatic heterocycles. The van der Waals surface area contributed by atoms with E-state index in [2.05, 4.69) is 56.1 Å². The van der Waals surface area contributed by atoms with Crippen molar-refractivity contribution in [2.75, 3.05) is 39.8 Å². The number of piperazine rings is 1. The first-order valence-electron chi connectivity index (χ1n) is 8.24. The molecule has 2 rings (SSSR count). The van der Waals surface area contributed by atoms with Gasteiger partial charge in [0.15, 0.2) is 0 Å². The first kappa shape index (κ1) is 18.7. The SMILES string of the molecule is CCCCN1CC[N+](C)(C(C)Cc2ccccc2)CC1.[Br-]. The van der Waals surface area contributed by atoms with Gasteiger partial charge in [0.1, 0.15) is 0 Å². The number of hydrogen-bond donors (Lipinski definition) is 0. The topological polar surface area (TPSA) is 3.24 Å². The maximum Gasteiger partial charge on any atom is 0.0916 e. The monoisotopic (exact) mass is 354 g/mol. The van der Waals surface area contributed by atoms with Crippen LogP contribution in [0.2, 0.25) is 0 Å². The van der Waals surface area contributed by atoms with Crippen LogP contribution in [0.3, 0.4) is 0 Å². The normalized spacial score (nSPS) is 19.8. The van der Waals surface area contributed by atoms with Crippen LogP contribution in [-0.4, -0.2) is 55.2 Å². The number of quaternary nitrogens is 1. The van der Waals surface area contributed by atoms with E-state index in [1.807, 2.05) is 0 Å². The van der Waals surface area contributed by atoms with Gasteiger partial charge in [-0.15, -0.1) is 0 Å². The van der Waals surface area contributed by atoms with E-state index in [-0.39, 0.29) is 17.0 Å². The van der Waals surface area contributed by atoms with E-state index in [1.165, 1.54) is 62.0 Å². The molecule has 2 nitrogen and oxygen atoms in total. The van der Waals surface area contributed by atoms with Crippen LogP contribution in [0.1, 0.15) is 32.3 Å². The zero-order chi connectivity index (χ0) is 14.4. The van der Waals surface area contributed by atoms with Gasteiger partial charge in [-0.05, 0) is 25.5 Å². The molecule has 1 unspecified atom stereocenters. The van der Waals surface area contributed by atoms with Crippen molar-refractivity contribution < 1.29 is 21.5 Å². The third kappa shape index (κ3) is 5.39. The molecule has 0 N–H and O–H groups in total. The van der Waals surface area contributed by atoms with Crippen molar-refractivity contribution in [3.05, 3.63) is 35.9 Å². The fourth-order valence-corrected chi connectivity index (χ4v) is 3.19. The Bertz CT molecular complexity index is 385. The summed E-state index contributed by atoms with van der Waals surface area (Å²) in [7, 11) is 2.45. The van der Waals surface area contributed by atoms with Gasteiger partial charge in [0.05, 0.1) is 26.2 Å². The third-order valence-corrected chi connectivity index (χ3v) is 5.12. The fraction of sp³-hybridized carbons (Fsp3) is 0.667. The molecule has 1 fully saturated rings. The van der Waals surface area contributed by atoms with E-state index in [0.29, 0.717) is 6.04 Å². The number of likely N-dealkylation sites (N-methyl/N-ethyl adjacent to an activating group) is 1. The molecular weight excluding hydrogens is 324 g/mol. The summed E-state index contributed by atoms with van der Waals surface area (Å²) in [6.45, 7) is 11.2. The number of benzene rings is 1. The molecule has 3 heteroatoms. The molecule has 21 heavy (non-hydrogen) atoms. The summed E-state index contributed by atoms with van der Waals surface area (Å²) >= 11 is 0. The summed E-state index contributed by atoms with van der Waals surface area (Å²) in [5, 5.41) is 0. The van der Waals surface area contributed by atoms with Gasteiger partial charge in [0, 0.05) is 19.5 Å². The minimum Gasteiger partial charge on any atom is -1.00 e. The van der Waals surface area contributed by atoms with Crippen molar-refractivity contribution in [3.8, 4) is 0 Å². The zero-order valence-corrected chi connectivity index (χ0v) is 15.5. The van der Waals surface area contributed by atoms with Crippen LogP contribution in [0.15, 0.2) is 30.3 Å². The average Bonchev–Trinajstić information content (AvgIpc) is 2.48. The molecule has 120 valence electrons. The number of nitrogens with zero attached hydrogens (tertiary/aromatic N) is 2. The molecule has 0 spiro atoms. The molecule has 1 aliphatic heterocycles. The van der Waals surface area contributed by atoms with E-state index in [1.54, 1.807) is 0 Å². The van der Waals surface area contributed by atoms with E-state index in [4.69, 9.17) is 0 Å². The molecule has 1 saturated heterocycles. The Balaban J connectivity index is 0.00000220. The van der Waals surface area contributed by atoms with E-state index >= 15 is 0 Å². The second kappa shape index (κ2) is 8.92. The molecule has 0 aliphatic carbocycles. The molecular formula is C18H31BrN2. The molecule has 0 radical (unpaired) electrons. The van der Waals surface area contributed by atoms with Gasteiger partial charge in [-0.25, -0.2) is 0 Å². The van der Waals surface area contributed by atoms with Gasteiger partial charge >= 0.3 is 0 Å². The molecule has 1 atom stereocenters. The standard InChI is InChI=1S/C18H31N2.BrH/c1-4-5-11-19-12-14-20(3,15-13-19)17(2)16-18-9-7-6-8-10-18;/h6-10,17H,4-5,11-16H2,1-3H3;1H/q+1;/p-1. The molecule has 0 amide bonds. The number of rotatable bonds is 6. The van der Waals surface area contributed by atoms with Crippen molar-refractivity contribution in [2.24, 2.45) is 0 Å². The molecule has 0 saturated carbocycles. The van der Waals surface area contributed by atoms with Crippen molar-refractivity contribution in [3.63, 3.8) is 0 Å². The Kier molecular flexibility index (Phi) is 7.93. The quantitative estimate of drug-likeness (QED) is 0.659. The summed E-state index contributed by atoms with van der Waals surface area (Å²) in [5.74, 6) is 0. The maximum absolute atomic E-state index is 2.65. The highest BCUT2D eigenvalue weighted by molar-refractivity contribution is 5.15. The van der Waals surface area contributed by atoms with E-state index < -0.39 is 0 Å². The highest BCUT2D eigenvalue weighted by Crippen LogP contribution is 2.19.